The average molecular weight is 184 g/mol. The molecule has 66 valence electrons. The highest BCUT2D eigenvalue weighted by Gasteiger charge is 2.26. The zero-order valence-electron chi connectivity index (χ0n) is 7.51. The van der Waals surface area contributed by atoms with E-state index in [1.54, 1.807) is 0 Å². The number of hydrogen-bond donors (Lipinski definition) is 0. The Morgan fingerprint density at radius 3 is 2.25 bits per heavy atom. The lowest BCUT2D eigenvalue weighted by molar-refractivity contribution is 0.390. The normalized spacial score (nSPS) is 11.6. The van der Waals surface area contributed by atoms with Crippen LogP contribution in [0.5, 0.6) is 0 Å². The van der Waals surface area contributed by atoms with Gasteiger partial charge in [-0.3, -0.25) is 0 Å². The van der Waals surface area contributed by atoms with Crippen molar-refractivity contribution in [3.63, 3.8) is 0 Å². The van der Waals surface area contributed by atoms with E-state index in [2.05, 4.69) is 26.2 Å². The predicted molar refractivity (Wildman–Crippen MR) is 50.3 cm³/mol. The second-order valence-electron chi connectivity index (χ2n) is 3.60. The molecule has 4 heteroatoms. The van der Waals surface area contributed by atoms with E-state index in [1.165, 1.54) is 6.08 Å². The topological polar surface area (TPSA) is 43.4 Å². The van der Waals surface area contributed by atoms with Crippen molar-refractivity contribution in [2.45, 2.75) is 19.6 Å². The molecule has 0 N–H and O–H groups in total. The number of rotatable bonds is 2. The predicted octanol–water partition coefficient (Wildman–Crippen LogP) is 1.42. The summed E-state index contributed by atoms with van der Waals surface area (Å²) >= 11 is 0. The highest BCUT2D eigenvalue weighted by molar-refractivity contribution is 6.88. The van der Waals surface area contributed by atoms with Gasteiger partial charge in [0.2, 0.25) is 0 Å². The van der Waals surface area contributed by atoms with E-state index in [1.807, 2.05) is 0 Å². The first-order valence-electron chi connectivity index (χ1n) is 3.72. The molecule has 0 unspecified atom stereocenters. The summed E-state index contributed by atoms with van der Waals surface area (Å²) in [7, 11) is -1.61. The van der Waals surface area contributed by atoms with Crippen LogP contribution >= 0.6 is 0 Å². The van der Waals surface area contributed by atoms with Gasteiger partial charge in [0.15, 0.2) is 5.76 Å². The SMILES string of the molecule is C=Cc1oc(=O)oc1[Si](C)(C)C. The Morgan fingerprint density at radius 2 is 1.92 bits per heavy atom. The third-order valence-corrected chi connectivity index (χ3v) is 3.18. The second-order valence-corrected chi connectivity index (χ2v) is 8.56. The molecule has 1 aromatic heterocycles. The van der Waals surface area contributed by atoms with Gasteiger partial charge in [0.1, 0.15) is 13.5 Å². The molecule has 0 saturated heterocycles. The molecule has 0 aliphatic heterocycles. The molecule has 0 atom stereocenters. The van der Waals surface area contributed by atoms with Gasteiger partial charge in [-0.1, -0.05) is 26.2 Å². The van der Waals surface area contributed by atoms with Crippen LogP contribution in [0.4, 0.5) is 0 Å². The molecule has 0 radical (unpaired) electrons. The largest absolute Gasteiger partial charge is 0.518 e. The Hall–Kier alpha value is -1.03. The van der Waals surface area contributed by atoms with Gasteiger partial charge >= 0.3 is 5.82 Å². The van der Waals surface area contributed by atoms with E-state index in [9.17, 15) is 4.79 Å². The fourth-order valence-corrected chi connectivity index (χ4v) is 2.23. The third kappa shape index (κ3) is 1.58. The monoisotopic (exact) mass is 184 g/mol. The summed E-state index contributed by atoms with van der Waals surface area (Å²) in [6.07, 6.45) is 1.51. The summed E-state index contributed by atoms with van der Waals surface area (Å²) in [5, 5.41) is 0.683. The van der Waals surface area contributed by atoms with Crippen molar-refractivity contribution in [1.29, 1.82) is 0 Å². The summed E-state index contributed by atoms with van der Waals surface area (Å²) in [4.78, 5) is 10.8. The highest BCUT2D eigenvalue weighted by atomic mass is 28.3. The quantitative estimate of drug-likeness (QED) is 0.653. The highest BCUT2D eigenvalue weighted by Crippen LogP contribution is 2.06. The minimum Gasteiger partial charge on any atom is -0.401 e. The van der Waals surface area contributed by atoms with Crippen molar-refractivity contribution in [3.05, 3.63) is 23.0 Å². The van der Waals surface area contributed by atoms with Crippen molar-refractivity contribution in [2.24, 2.45) is 0 Å². The van der Waals surface area contributed by atoms with E-state index in [0.29, 0.717) is 11.1 Å². The summed E-state index contributed by atoms with van der Waals surface area (Å²) in [6.45, 7) is 9.78. The molecule has 0 bridgehead atoms. The van der Waals surface area contributed by atoms with Crippen molar-refractivity contribution in [1.82, 2.24) is 0 Å². The van der Waals surface area contributed by atoms with Gasteiger partial charge < -0.3 is 8.83 Å². The molecular weight excluding hydrogens is 172 g/mol. The summed E-state index contributed by atoms with van der Waals surface area (Å²) in [5.74, 6) is -0.151. The molecule has 0 aromatic carbocycles. The molecule has 3 nitrogen and oxygen atoms in total. The van der Waals surface area contributed by atoms with E-state index in [0.717, 1.165) is 0 Å². The summed E-state index contributed by atoms with van der Waals surface area (Å²) in [5.41, 5.74) is 0. The standard InChI is InChI=1S/C8H12O3Si/c1-5-6-7(12(2,3)4)11-8(9)10-6/h5H,1H2,2-4H3. The first kappa shape index (κ1) is 9.06. The van der Waals surface area contributed by atoms with Crippen LogP contribution in [0, 0.1) is 0 Å². The van der Waals surface area contributed by atoms with Crippen molar-refractivity contribution in [3.8, 4) is 0 Å². The fourth-order valence-electron chi connectivity index (χ4n) is 0.948. The van der Waals surface area contributed by atoms with Crippen molar-refractivity contribution in [2.75, 3.05) is 0 Å². The Kier molecular flexibility index (Phi) is 2.10. The molecule has 0 aliphatic rings. The van der Waals surface area contributed by atoms with Gasteiger partial charge in [-0.05, 0) is 6.08 Å². The molecule has 0 amide bonds. The molecule has 0 spiro atoms. The fraction of sp³-hybridized carbons (Fsp3) is 0.375. The number of hydrogen-bond acceptors (Lipinski definition) is 3. The Morgan fingerprint density at radius 1 is 1.33 bits per heavy atom. The van der Waals surface area contributed by atoms with Crippen LogP contribution < -0.4 is 11.2 Å². The third-order valence-electron chi connectivity index (χ3n) is 1.47. The van der Waals surface area contributed by atoms with Crippen LogP contribution in [0.3, 0.4) is 0 Å². The second kappa shape index (κ2) is 2.78. The first-order valence-corrected chi connectivity index (χ1v) is 7.22. The van der Waals surface area contributed by atoms with Crippen LogP contribution in [-0.4, -0.2) is 8.07 Å². The Bertz CT molecular complexity index is 340. The van der Waals surface area contributed by atoms with E-state index >= 15 is 0 Å². The van der Waals surface area contributed by atoms with E-state index < -0.39 is 13.9 Å². The smallest absolute Gasteiger partial charge is 0.401 e. The minimum absolute atomic E-state index is 0.485. The molecule has 0 fully saturated rings. The minimum atomic E-state index is -1.61. The van der Waals surface area contributed by atoms with Gasteiger partial charge in [0.25, 0.3) is 0 Å². The van der Waals surface area contributed by atoms with Crippen LogP contribution in [0.15, 0.2) is 20.2 Å². The van der Waals surface area contributed by atoms with Crippen LogP contribution in [-0.2, 0) is 0 Å². The van der Waals surface area contributed by atoms with Crippen LogP contribution in [0.25, 0.3) is 6.08 Å². The molecule has 0 aliphatic carbocycles. The maximum absolute atomic E-state index is 10.8. The van der Waals surface area contributed by atoms with Gasteiger partial charge in [-0.25, -0.2) is 4.79 Å². The summed E-state index contributed by atoms with van der Waals surface area (Å²) < 4.78 is 9.72. The Labute approximate surface area is 71.7 Å². The van der Waals surface area contributed by atoms with Gasteiger partial charge in [0, 0.05) is 0 Å². The van der Waals surface area contributed by atoms with Gasteiger partial charge in [0.05, 0.1) is 0 Å². The average Bonchev–Trinajstić information content (AvgIpc) is 2.29. The lowest BCUT2D eigenvalue weighted by Gasteiger charge is -2.10. The van der Waals surface area contributed by atoms with Crippen molar-refractivity contribution >= 4 is 19.5 Å². The van der Waals surface area contributed by atoms with E-state index in [4.69, 9.17) is 8.83 Å². The molecule has 0 saturated carbocycles. The van der Waals surface area contributed by atoms with Crippen molar-refractivity contribution < 1.29 is 8.83 Å². The zero-order chi connectivity index (χ0) is 9.35. The lowest BCUT2D eigenvalue weighted by atomic mass is 10.5. The maximum Gasteiger partial charge on any atom is 0.518 e. The first-order chi connectivity index (χ1) is 5.45. The molecule has 12 heavy (non-hydrogen) atoms. The van der Waals surface area contributed by atoms with Crippen LogP contribution in [0.2, 0.25) is 19.6 Å². The maximum atomic E-state index is 10.8. The summed E-state index contributed by atoms with van der Waals surface area (Å²) in [6, 6.07) is 0. The van der Waals surface area contributed by atoms with Gasteiger partial charge in [-0.15, -0.1) is 0 Å². The molecule has 1 aromatic rings. The lowest BCUT2D eigenvalue weighted by Crippen LogP contribution is -2.38. The Balaban J connectivity index is 3.32. The molecular formula is C8H12O3Si. The molecule has 1 rings (SSSR count). The molecule has 1 heterocycles. The zero-order valence-corrected chi connectivity index (χ0v) is 8.51. The van der Waals surface area contributed by atoms with E-state index in [-0.39, 0.29) is 0 Å². The van der Waals surface area contributed by atoms with Crippen LogP contribution in [0.1, 0.15) is 5.76 Å². The van der Waals surface area contributed by atoms with Gasteiger partial charge in [-0.2, -0.15) is 0 Å².